The fourth-order valence-electron chi connectivity index (χ4n) is 1.33. The smallest absolute Gasteiger partial charge is 0.264 e. The molecule has 1 heterocycles. The fraction of sp³-hybridized carbons (Fsp3) is 0.333. The average molecular weight is 391 g/mol. The second kappa shape index (κ2) is 5.60. The van der Waals surface area contributed by atoms with Crippen molar-refractivity contribution in [3.05, 3.63) is 38.9 Å². The van der Waals surface area contributed by atoms with Crippen LogP contribution in [-0.2, 0) is 12.1 Å². The molecule has 1 aromatic heterocycles. The van der Waals surface area contributed by atoms with Crippen molar-refractivity contribution in [2.75, 3.05) is 0 Å². The summed E-state index contributed by atoms with van der Waals surface area (Å²) >= 11 is 6.83. The first-order valence-corrected chi connectivity index (χ1v) is 7.15. The van der Waals surface area contributed by atoms with Gasteiger partial charge in [-0.1, -0.05) is 11.2 Å². The summed E-state index contributed by atoms with van der Waals surface area (Å²) in [7, 11) is 0. The van der Waals surface area contributed by atoms with Crippen LogP contribution in [0.4, 0.5) is 0 Å². The van der Waals surface area contributed by atoms with Gasteiger partial charge in [0.15, 0.2) is 12.4 Å². The summed E-state index contributed by atoms with van der Waals surface area (Å²) in [6, 6.07) is 5.69. The van der Waals surface area contributed by atoms with Crippen molar-refractivity contribution in [3.63, 3.8) is 0 Å². The van der Waals surface area contributed by atoms with Crippen LogP contribution in [-0.4, -0.2) is 10.1 Å². The van der Waals surface area contributed by atoms with Crippen molar-refractivity contribution < 1.29 is 9.26 Å². The highest BCUT2D eigenvalue weighted by atomic mass is 79.9. The normalized spacial score (nSPS) is 11.6. The quantitative estimate of drug-likeness (QED) is 0.866. The first-order valence-electron chi connectivity index (χ1n) is 5.56. The molecule has 5 nitrogen and oxygen atoms in total. The molecule has 2 N–H and O–H groups in total. The fourth-order valence-corrected chi connectivity index (χ4v) is 2.56. The number of hydrogen-bond donors (Lipinski definition) is 1. The molecule has 0 bridgehead atoms. The van der Waals surface area contributed by atoms with Gasteiger partial charge in [-0.25, -0.2) is 0 Å². The van der Waals surface area contributed by atoms with Crippen molar-refractivity contribution in [2.24, 2.45) is 5.73 Å². The number of halogens is 2. The van der Waals surface area contributed by atoms with Gasteiger partial charge >= 0.3 is 0 Å². The largest absolute Gasteiger partial charge is 0.481 e. The molecule has 0 fully saturated rings. The topological polar surface area (TPSA) is 74.2 Å². The number of aromatic nitrogens is 2. The zero-order valence-corrected chi connectivity index (χ0v) is 13.7. The number of para-hydroxylation sites is 1. The van der Waals surface area contributed by atoms with Crippen LogP contribution in [0.2, 0.25) is 0 Å². The van der Waals surface area contributed by atoms with E-state index in [0.29, 0.717) is 17.5 Å². The maximum atomic E-state index is 5.88. The Morgan fingerprint density at radius 2 is 1.95 bits per heavy atom. The molecule has 0 unspecified atom stereocenters. The Kier molecular flexibility index (Phi) is 4.27. The molecule has 0 aliphatic carbocycles. The molecule has 7 heteroatoms. The summed E-state index contributed by atoms with van der Waals surface area (Å²) in [5.41, 5.74) is 5.26. The highest BCUT2D eigenvalue weighted by molar-refractivity contribution is 9.11. The highest BCUT2D eigenvalue weighted by Crippen LogP contribution is 2.33. The van der Waals surface area contributed by atoms with Gasteiger partial charge in [-0.2, -0.15) is 4.98 Å². The van der Waals surface area contributed by atoms with Gasteiger partial charge in [-0.05, 0) is 57.8 Å². The number of nitrogens with two attached hydrogens (primary N) is 1. The lowest BCUT2D eigenvalue weighted by atomic mass is 10.1. The molecule has 0 amide bonds. The van der Waals surface area contributed by atoms with E-state index in [0.717, 1.165) is 8.95 Å². The molecule has 0 aliphatic rings. The number of rotatable bonds is 4. The second-order valence-electron chi connectivity index (χ2n) is 4.57. The van der Waals surface area contributed by atoms with Crippen LogP contribution in [0.1, 0.15) is 25.6 Å². The summed E-state index contributed by atoms with van der Waals surface area (Å²) in [6.45, 7) is 3.81. The van der Waals surface area contributed by atoms with E-state index in [-0.39, 0.29) is 6.61 Å². The van der Waals surface area contributed by atoms with Crippen LogP contribution in [0, 0.1) is 0 Å². The summed E-state index contributed by atoms with van der Waals surface area (Å²) in [5.74, 6) is 1.53. The van der Waals surface area contributed by atoms with Crippen molar-refractivity contribution in [1.29, 1.82) is 0 Å². The Balaban J connectivity index is 2.09. The monoisotopic (exact) mass is 389 g/mol. The van der Waals surface area contributed by atoms with Crippen molar-refractivity contribution in [1.82, 2.24) is 10.1 Å². The minimum Gasteiger partial charge on any atom is -0.481 e. The Morgan fingerprint density at radius 3 is 2.47 bits per heavy atom. The summed E-state index contributed by atoms with van der Waals surface area (Å²) in [4.78, 5) is 4.20. The predicted octanol–water partition coefficient (Wildman–Crippen LogP) is 3.37. The zero-order chi connectivity index (χ0) is 14.0. The third kappa shape index (κ3) is 3.55. The van der Waals surface area contributed by atoms with Gasteiger partial charge in [0.25, 0.3) is 5.89 Å². The first-order chi connectivity index (χ1) is 8.88. The van der Waals surface area contributed by atoms with Crippen LogP contribution in [0.15, 0.2) is 31.7 Å². The number of nitrogens with zero attached hydrogens (tertiary/aromatic N) is 2. The third-order valence-electron chi connectivity index (χ3n) is 2.30. The Labute approximate surface area is 127 Å². The summed E-state index contributed by atoms with van der Waals surface area (Å²) in [5, 5.41) is 3.83. The molecule has 0 aliphatic heterocycles. The second-order valence-corrected chi connectivity index (χ2v) is 6.28. The van der Waals surface area contributed by atoms with Gasteiger partial charge in [0.1, 0.15) is 5.75 Å². The SMILES string of the molecule is CC(C)(N)c1noc(COc2c(Br)cccc2Br)n1. The van der Waals surface area contributed by atoms with Gasteiger partial charge in [-0.3, -0.25) is 0 Å². The van der Waals surface area contributed by atoms with E-state index in [1.54, 1.807) is 0 Å². The van der Waals surface area contributed by atoms with Crippen molar-refractivity contribution in [2.45, 2.75) is 26.0 Å². The minimum atomic E-state index is -0.629. The van der Waals surface area contributed by atoms with Crippen LogP contribution in [0.25, 0.3) is 0 Å². The number of hydrogen-bond acceptors (Lipinski definition) is 5. The van der Waals surface area contributed by atoms with Crippen LogP contribution in [0.5, 0.6) is 5.75 Å². The molecule has 1 aromatic carbocycles. The number of ether oxygens (including phenoxy) is 1. The van der Waals surface area contributed by atoms with E-state index in [9.17, 15) is 0 Å². The molecule has 0 spiro atoms. The maximum Gasteiger partial charge on any atom is 0.264 e. The van der Waals surface area contributed by atoms with Gasteiger partial charge < -0.3 is 15.0 Å². The molecular formula is C12H13Br2N3O2. The zero-order valence-electron chi connectivity index (χ0n) is 10.5. The molecule has 2 aromatic rings. The molecule has 19 heavy (non-hydrogen) atoms. The van der Waals surface area contributed by atoms with Crippen LogP contribution >= 0.6 is 31.9 Å². The molecule has 2 rings (SSSR count). The lowest BCUT2D eigenvalue weighted by molar-refractivity contribution is 0.239. The molecular weight excluding hydrogens is 378 g/mol. The van der Waals surface area contributed by atoms with Crippen molar-refractivity contribution >= 4 is 31.9 Å². The van der Waals surface area contributed by atoms with Crippen LogP contribution in [0.3, 0.4) is 0 Å². The lowest BCUT2D eigenvalue weighted by Gasteiger charge is -2.11. The Hall–Kier alpha value is -0.920. The summed E-state index contributed by atoms with van der Waals surface area (Å²) < 4.78 is 12.4. The van der Waals surface area contributed by atoms with Crippen LogP contribution < -0.4 is 10.5 Å². The molecule has 0 saturated carbocycles. The van der Waals surface area contributed by atoms with E-state index in [1.807, 2.05) is 32.0 Å². The Morgan fingerprint density at radius 1 is 1.32 bits per heavy atom. The van der Waals surface area contributed by atoms with E-state index >= 15 is 0 Å². The van der Waals surface area contributed by atoms with Crippen molar-refractivity contribution in [3.8, 4) is 5.75 Å². The van der Waals surface area contributed by atoms with Gasteiger partial charge in [0.2, 0.25) is 0 Å². The van der Waals surface area contributed by atoms with E-state index in [2.05, 4.69) is 42.0 Å². The summed E-state index contributed by atoms with van der Waals surface area (Å²) in [6.07, 6.45) is 0. The minimum absolute atomic E-state index is 0.185. The number of benzene rings is 1. The van der Waals surface area contributed by atoms with E-state index < -0.39 is 5.54 Å². The molecule has 0 atom stereocenters. The van der Waals surface area contributed by atoms with Gasteiger partial charge in [-0.15, -0.1) is 0 Å². The predicted molar refractivity (Wildman–Crippen MR) is 77.7 cm³/mol. The molecule has 0 saturated heterocycles. The highest BCUT2D eigenvalue weighted by Gasteiger charge is 2.21. The Bertz CT molecular complexity index is 558. The van der Waals surface area contributed by atoms with E-state index in [1.165, 1.54) is 0 Å². The maximum absolute atomic E-state index is 5.88. The average Bonchev–Trinajstić information content (AvgIpc) is 2.77. The van der Waals surface area contributed by atoms with E-state index in [4.69, 9.17) is 15.0 Å². The molecule has 102 valence electrons. The first kappa shape index (κ1) is 14.5. The van der Waals surface area contributed by atoms with Gasteiger partial charge in [0, 0.05) is 0 Å². The molecule has 0 radical (unpaired) electrons. The third-order valence-corrected chi connectivity index (χ3v) is 3.55. The lowest BCUT2D eigenvalue weighted by Crippen LogP contribution is -2.30. The standard InChI is InChI=1S/C12H13Br2N3O2/c1-12(2,15)11-16-9(19-17-11)6-18-10-7(13)4-3-5-8(10)14/h3-5H,6,15H2,1-2H3. The van der Waals surface area contributed by atoms with Gasteiger partial charge in [0.05, 0.1) is 14.5 Å².